The van der Waals surface area contributed by atoms with Crippen molar-refractivity contribution in [3.63, 3.8) is 0 Å². The van der Waals surface area contributed by atoms with E-state index >= 15 is 0 Å². The van der Waals surface area contributed by atoms with Crippen molar-refractivity contribution in [3.05, 3.63) is 61.8 Å². The summed E-state index contributed by atoms with van der Waals surface area (Å²) >= 11 is 6.91. The van der Waals surface area contributed by atoms with Gasteiger partial charge in [0, 0.05) is 21.4 Å². The second kappa shape index (κ2) is 6.07. The molecule has 0 saturated heterocycles. The molecule has 0 bridgehead atoms. The second-order valence-corrected chi connectivity index (χ2v) is 6.90. The lowest BCUT2D eigenvalue weighted by Crippen LogP contribution is -2.14. The van der Waals surface area contributed by atoms with Gasteiger partial charge in [-0.1, -0.05) is 37.9 Å². The summed E-state index contributed by atoms with van der Waals surface area (Å²) < 4.78 is 20.6. The number of hydrogen-bond acceptors (Lipinski definition) is 2. The zero-order chi connectivity index (χ0) is 15.0. The molecule has 0 saturated carbocycles. The highest BCUT2D eigenvalue weighted by molar-refractivity contribution is 9.10. The van der Waals surface area contributed by atoms with Crippen LogP contribution in [-0.2, 0) is 12.8 Å². The van der Waals surface area contributed by atoms with Gasteiger partial charge >= 0.3 is 0 Å². The average Bonchev–Trinajstić information content (AvgIpc) is 2.86. The van der Waals surface area contributed by atoms with Gasteiger partial charge in [0.15, 0.2) is 0 Å². The van der Waals surface area contributed by atoms with Crippen LogP contribution in [0.5, 0.6) is 5.75 Å². The fraction of sp³-hybridized carbons (Fsp3) is 0.250. The smallest absolute Gasteiger partial charge is 0.125 e. The molecule has 2 aromatic carbocycles. The molecule has 0 amide bonds. The van der Waals surface area contributed by atoms with Gasteiger partial charge in [0.1, 0.15) is 11.6 Å². The summed E-state index contributed by atoms with van der Waals surface area (Å²) in [5, 5.41) is 0. The zero-order valence-corrected chi connectivity index (χ0v) is 14.4. The van der Waals surface area contributed by atoms with Gasteiger partial charge in [-0.25, -0.2) is 4.39 Å². The molecule has 1 aliphatic heterocycles. The molecule has 1 atom stereocenters. The third-order valence-electron chi connectivity index (χ3n) is 3.63. The molecule has 1 heterocycles. The Balaban J connectivity index is 1.90. The van der Waals surface area contributed by atoms with Gasteiger partial charge in [-0.2, -0.15) is 0 Å². The second-order valence-electron chi connectivity index (χ2n) is 5.13. The van der Waals surface area contributed by atoms with Gasteiger partial charge in [0.2, 0.25) is 0 Å². The normalized spacial score (nSPS) is 14.7. The number of nitrogens with two attached hydrogens (primary N) is 1. The number of fused-ring (bicyclic) bond motifs is 1. The molecule has 1 unspecified atom stereocenters. The van der Waals surface area contributed by atoms with Crippen LogP contribution in [0.3, 0.4) is 0 Å². The van der Waals surface area contributed by atoms with Crippen molar-refractivity contribution >= 4 is 31.9 Å². The summed E-state index contributed by atoms with van der Waals surface area (Å²) in [6.45, 7) is 0.717. The third kappa shape index (κ3) is 3.15. The Hall–Kier alpha value is -0.910. The Labute approximate surface area is 139 Å². The molecule has 0 spiro atoms. The molecule has 0 aromatic heterocycles. The van der Waals surface area contributed by atoms with Crippen LogP contribution in [0.4, 0.5) is 4.39 Å². The quantitative estimate of drug-likeness (QED) is 0.800. The van der Waals surface area contributed by atoms with Crippen molar-refractivity contribution in [2.24, 2.45) is 5.73 Å². The Kier molecular flexibility index (Phi) is 4.33. The topological polar surface area (TPSA) is 35.2 Å². The Morgan fingerprint density at radius 1 is 1.24 bits per heavy atom. The minimum Gasteiger partial charge on any atom is -0.493 e. The molecule has 1 aliphatic rings. The van der Waals surface area contributed by atoms with E-state index in [9.17, 15) is 4.39 Å². The van der Waals surface area contributed by atoms with Gasteiger partial charge in [-0.15, -0.1) is 0 Å². The summed E-state index contributed by atoms with van der Waals surface area (Å²) in [4.78, 5) is 0. The number of benzene rings is 2. The number of rotatable bonds is 3. The van der Waals surface area contributed by atoms with Gasteiger partial charge < -0.3 is 10.5 Å². The highest BCUT2D eigenvalue weighted by Crippen LogP contribution is 2.35. The first kappa shape index (κ1) is 15.0. The van der Waals surface area contributed by atoms with Crippen LogP contribution < -0.4 is 10.5 Å². The summed E-state index contributed by atoms with van der Waals surface area (Å²) in [6, 6.07) is 8.51. The summed E-state index contributed by atoms with van der Waals surface area (Å²) in [5.41, 5.74) is 9.49. The van der Waals surface area contributed by atoms with E-state index in [-0.39, 0.29) is 11.9 Å². The van der Waals surface area contributed by atoms with Crippen LogP contribution in [0.15, 0.2) is 39.3 Å². The van der Waals surface area contributed by atoms with E-state index in [1.807, 2.05) is 6.07 Å². The van der Waals surface area contributed by atoms with Crippen molar-refractivity contribution in [2.45, 2.75) is 18.9 Å². The van der Waals surface area contributed by atoms with E-state index in [2.05, 4.69) is 37.9 Å². The Morgan fingerprint density at radius 2 is 2.05 bits per heavy atom. The summed E-state index contributed by atoms with van der Waals surface area (Å²) in [7, 11) is 0. The maximum atomic E-state index is 13.2. The average molecular weight is 415 g/mol. The van der Waals surface area contributed by atoms with Crippen LogP contribution in [0.1, 0.15) is 22.7 Å². The molecule has 2 nitrogen and oxygen atoms in total. The highest BCUT2D eigenvalue weighted by atomic mass is 79.9. The lowest BCUT2D eigenvalue weighted by atomic mass is 9.97. The third-order valence-corrected chi connectivity index (χ3v) is 4.77. The Morgan fingerprint density at radius 3 is 2.81 bits per heavy atom. The van der Waals surface area contributed by atoms with E-state index in [1.165, 1.54) is 17.7 Å². The summed E-state index contributed by atoms with van der Waals surface area (Å²) in [6.07, 6.45) is 1.57. The van der Waals surface area contributed by atoms with Crippen molar-refractivity contribution in [3.8, 4) is 5.75 Å². The Bertz CT molecular complexity index is 690. The molecule has 5 heteroatoms. The van der Waals surface area contributed by atoms with Crippen LogP contribution in [0.25, 0.3) is 0 Å². The SMILES string of the molecule is NC(Cc1cc(Br)cc2c1OCC2)c1ccc(F)cc1Br. The maximum absolute atomic E-state index is 13.2. The van der Waals surface area contributed by atoms with Crippen molar-refractivity contribution < 1.29 is 9.13 Å². The van der Waals surface area contributed by atoms with Gasteiger partial charge in [0.05, 0.1) is 6.61 Å². The van der Waals surface area contributed by atoms with Crippen molar-refractivity contribution in [1.29, 1.82) is 0 Å². The van der Waals surface area contributed by atoms with Gasteiger partial charge in [-0.3, -0.25) is 0 Å². The predicted octanol–water partition coefficient (Wildman–Crippen LogP) is 4.53. The fourth-order valence-electron chi connectivity index (χ4n) is 2.65. The molecule has 2 aromatic rings. The molecule has 0 radical (unpaired) electrons. The van der Waals surface area contributed by atoms with Crippen LogP contribution in [0, 0.1) is 5.82 Å². The van der Waals surface area contributed by atoms with Crippen LogP contribution in [0.2, 0.25) is 0 Å². The first-order chi connectivity index (χ1) is 10.0. The first-order valence-electron chi connectivity index (χ1n) is 6.69. The first-order valence-corrected chi connectivity index (χ1v) is 8.28. The lowest BCUT2D eigenvalue weighted by Gasteiger charge is -2.16. The molecule has 0 fully saturated rings. The van der Waals surface area contributed by atoms with Crippen molar-refractivity contribution in [2.75, 3.05) is 6.61 Å². The molecular formula is C16H14Br2FNO. The number of hydrogen-bond donors (Lipinski definition) is 1. The molecule has 110 valence electrons. The molecule has 3 rings (SSSR count). The van der Waals surface area contributed by atoms with Gasteiger partial charge in [0.25, 0.3) is 0 Å². The van der Waals surface area contributed by atoms with E-state index in [4.69, 9.17) is 10.5 Å². The number of ether oxygens (including phenoxy) is 1. The van der Waals surface area contributed by atoms with Crippen LogP contribution >= 0.6 is 31.9 Å². The van der Waals surface area contributed by atoms with E-state index in [0.717, 1.165) is 27.8 Å². The minimum atomic E-state index is -0.274. The fourth-order valence-corrected chi connectivity index (χ4v) is 3.84. The van der Waals surface area contributed by atoms with Crippen molar-refractivity contribution in [1.82, 2.24) is 0 Å². The summed E-state index contributed by atoms with van der Waals surface area (Å²) in [5.74, 6) is 0.677. The van der Waals surface area contributed by atoms with E-state index < -0.39 is 0 Å². The van der Waals surface area contributed by atoms with Crippen LogP contribution in [-0.4, -0.2) is 6.61 Å². The van der Waals surface area contributed by atoms with E-state index in [0.29, 0.717) is 17.5 Å². The predicted molar refractivity (Wildman–Crippen MR) is 88.1 cm³/mol. The standard InChI is InChI=1S/C16H14Br2FNO/c17-11-5-9-3-4-21-16(9)10(6-11)7-15(20)13-2-1-12(19)8-14(13)18/h1-2,5-6,8,15H,3-4,7,20H2. The zero-order valence-electron chi connectivity index (χ0n) is 11.2. The monoisotopic (exact) mass is 413 g/mol. The lowest BCUT2D eigenvalue weighted by molar-refractivity contribution is 0.352. The number of halogens is 3. The maximum Gasteiger partial charge on any atom is 0.125 e. The molecule has 0 aliphatic carbocycles. The largest absolute Gasteiger partial charge is 0.493 e. The van der Waals surface area contributed by atoms with Gasteiger partial charge in [-0.05, 0) is 47.4 Å². The molecule has 21 heavy (non-hydrogen) atoms. The molecule has 2 N–H and O–H groups in total. The highest BCUT2D eigenvalue weighted by Gasteiger charge is 2.20. The molecular weight excluding hydrogens is 401 g/mol. The van der Waals surface area contributed by atoms with E-state index in [1.54, 1.807) is 6.07 Å². The minimum absolute atomic E-state index is 0.220.